The van der Waals surface area contributed by atoms with Crippen molar-refractivity contribution in [3.8, 4) is 0 Å². The first kappa shape index (κ1) is 20.9. The van der Waals surface area contributed by atoms with Crippen molar-refractivity contribution in [1.82, 2.24) is 14.5 Å². The summed E-state index contributed by atoms with van der Waals surface area (Å²) in [6.45, 7) is 7.46. The van der Waals surface area contributed by atoms with E-state index in [1.54, 1.807) is 17.7 Å². The molecule has 0 aromatic carbocycles. The minimum Gasteiger partial charge on any atom is -0.388 e. The Morgan fingerprint density at radius 3 is 2.67 bits per heavy atom. The minimum atomic E-state index is -0.718. The molecule has 162 valence electrons. The molecule has 3 heterocycles. The summed E-state index contributed by atoms with van der Waals surface area (Å²) in [7, 11) is 0. The average Bonchev–Trinajstić information content (AvgIpc) is 3.19. The maximum absolute atomic E-state index is 13.3. The standard InChI is InChI=1S/C22H30N4O4/c1-12-15-11-23-21(24-16-9-10-30-22(3,4)18(16)28)25-19(15)26(14-7-5-6-8-14)20(29)17(12)13(2)27/h11,14,16,18,28H,5-10H2,1-4H3,(H,23,24,25)/t16-,18+/m1/s1. The molecular formula is C22H30N4O4. The van der Waals surface area contributed by atoms with Crippen LogP contribution in [0.2, 0.25) is 0 Å². The van der Waals surface area contributed by atoms with Gasteiger partial charge in [0.2, 0.25) is 5.95 Å². The summed E-state index contributed by atoms with van der Waals surface area (Å²) >= 11 is 0. The second kappa shape index (κ2) is 7.74. The van der Waals surface area contributed by atoms with Gasteiger partial charge in [-0.25, -0.2) is 4.98 Å². The molecule has 1 aliphatic carbocycles. The third-order valence-electron chi connectivity index (χ3n) is 6.56. The number of carbonyl (C=O) groups is 1. The molecule has 0 unspecified atom stereocenters. The number of nitrogens with one attached hydrogen (secondary N) is 1. The maximum atomic E-state index is 13.3. The van der Waals surface area contributed by atoms with E-state index in [4.69, 9.17) is 9.72 Å². The number of aryl methyl sites for hydroxylation is 1. The normalized spacial score (nSPS) is 24.3. The molecular weight excluding hydrogens is 384 g/mol. The van der Waals surface area contributed by atoms with Crippen LogP contribution in [0.5, 0.6) is 0 Å². The highest BCUT2D eigenvalue weighted by molar-refractivity contribution is 5.99. The first-order valence-electron chi connectivity index (χ1n) is 10.7. The predicted molar refractivity (Wildman–Crippen MR) is 114 cm³/mol. The van der Waals surface area contributed by atoms with Crippen LogP contribution < -0.4 is 10.9 Å². The van der Waals surface area contributed by atoms with Crippen LogP contribution in [-0.2, 0) is 4.74 Å². The molecule has 1 saturated heterocycles. The van der Waals surface area contributed by atoms with Gasteiger partial charge in [0.05, 0.1) is 17.2 Å². The van der Waals surface area contributed by atoms with E-state index in [1.165, 1.54) is 6.92 Å². The SMILES string of the molecule is CC(=O)c1c(C)c2cnc(N[C@@H]3CCOC(C)(C)[C@H]3O)nc2n(C2CCCC2)c1=O. The molecule has 0 radical (unpaired) electrons. The molecule has 0 spiro atoms. The number of ketones is 1. The van der Waals surface area contributed by atoms with Crippen LogP contribution in [-0.4, -0.2) is 49.8 Å². The van der Waals surface area contributed by atoms with Gasteiger partial charge in [0.1, 0.15) is 11.8 Å². The van der Waals surface area contributed by atoms with Gasteiger partial charge in [-0.15, -0.1) is 0 Å². The van der Waals surface area contributed by atoms with E-state index in [2.05, 4.69) is 10.3 Å². The maximum Gasteiger partial charge on any atom is 0.263 e. The van der Waals surface area contributed by atoms with Gasteiger partial charge < -0.3 is 15.2 Å². The van der Waals surface area contributed by atoms with Gasteiger partial charge in [0.15, 0.2) is 5.78 Å². The van der Waals surface area contributed by atoms with Gasteiger partial charge in [-0.05, 0) is 52.5 Å². The largest absolute Gasteiger partial charge is 0.388 e. The van der Waals surface area contributed by atoms with E-state index in [0.717, 1.165) is 25.7 Å². The highest BCUT2D eigenvalue weighted by atomic mass is 16.5. The number of rotatable bonds is 4. The van der Waals surface area contributed by atoms with E-state index in [1.807, 2.05) is 13.8 Å². The first-order valence-corrected chi connectivity index (χ1v) is 10.7. The van der Waals surface area contributed by atoms with Crippen LogP contribution in [0, 0.1) is 6.92 Å². The molecule has 2 aromatic rings. The van der Waals surface area contributed by atoms with Crippen molar-refractivity contribution in [3.63, 3.8) is 0 Å². The number of nitrogens with zero attached hydrogens (tertiary/aromatic N) is 3. The Hall–Kier alpha value is -2.32. The zero-order valence-corrected chi connectivity index (χ0v) is 18.1. The Kier molecular flexibility index (Phi) is 5.40. The Labute approximate surface area is 175 Å². The molecule has 30 heavy (non-hydrogen) atoms. The number of anilines is 1. The minimum absolute atomic E-state index is 0.0362. The van der Waals surface area contributed by atoms with Crippen LogP contribution in [0.15, 0.2) is 11.0 Å². The number of Topliss-reactive ketones (excluding diaryl/α,β-unsaturated/α-hetero) is 1. The Morgan fingerprint density at radius 2 is 2.00 bits per heavy atom. The number of pyridine rings is 1. The van der Waals surface area contributed by atoms with Crippen molar-refractivity contribution in [1.29, 1.82) is 0 Å². The number of ether oxygens (including phenoxy) is 1. The second-order valence-electron chi connectivity index (χ2n) is 9.04. The molecule has 8 nitrogen and oxygen atoms in total. The highest BCUT2D eigenvalue weighted by Crippen LogP contribution is 2.32. The van der Waals surface area contributed by atoms with Crippen molar-refractivity contribution in [2.24, 2.45) is 0 Å². The summed E-state index contributed by atoms with van der Waals surface area (Å²) in [5.41, 5.74) is 0.464. The van der Waals surface area contributed by atoms with Crippen LogP contribution >= 0.6 is 0 Å². The quantitative estimate of drug-likeness (QED) is 0.741. The van der Waals surface area contributed by atoms with Crippen molar-refractivity contribution in [3.05, 3.63) is 27.7 Å². The third kappa shape index (κ3) is 3.52. The molecule has 2 aromatic heterocycles. The lowest BCUT2D eigenvalue weighted by molar-refractivity contribution is -0.137. The lowest BCUT2D eigenvalue weighted by Crippen LogP contribution is -2.54. The average molecular weight is 415 g/mol. The van der Waals surface area contributed by atoms with Gasteiger partial charge in [0, 0.05) is 24.2 Å². The van der Waals surface area contributed by atoms with Gasteiger partial charge in [-0.3, -0.25) is 14.2 Å². The van der Waals surface area contributed by atoms with Gasteiger partial charge in [0.25, 0.3) is 5.56 Å². The van der Waals surface area contributed by atoms with Crippen LogP contribution in [0.25, 0.3) is 11.0 Å². The van der Waals surface area contributed by atoms with Crippen molar-refractivity contribution >= 4 is 22.8 Å². The summed E-state index contributed by atoms with van der Waals surface area (Å²) in [5.74, 6) is 0.131. The Balaban J connectivity index is 1.82. The molecule has 2 atom stereocenters. The van der Waals surface area contributed by atoms with E-state index < -0.39 is 11.7 Å². The fourth-order valence-corrected chi connectivity index (χ4v) is 4.81. The molecule has 8 heteroatoms. The topological polar surface area (TPSA) is 106 Å². The number of carbonyl (C=O) groups excluding carboxylic acids is 1. The van der Waals surface area contributed by atoms with E-state index in [9.17, 15) is 14.7 Å². The van der Waals surface area contributed by atoms with Gasteiger partial charge in [-0.1, -0.05) is 12.8 Å². The first-order chi connectivity index (χ1) is 14.2. The van der Waals surface area contributed by atoms with Crippen LogP contribution in [0.1, 0.15) is 74.8 Å². The molecule has 4 rings (SSSR count). The van der Waals surface area contributed by atoms with E-state index >= 15 is 0 Å². The van der Waals surface area contributed by atoms with Crippen LogP contribution in [0.4, 0.5) is 5.95 Å². The zero-order valence-electron chi connectivity index (χ0n) is 18.1. The molecule has 0 amide bonds. The van der Waals surface area contributed by atoms with E-state index in [0.29, 0.717) is 35.6 Å². The van der Waals surface area contributed by atoms with Crippen molar-refractivity contribution < 1.29 is 14.6 Å². The summed E-state index contributed by atoms with van der Waals surface area (Å²) in [5, 5.41) is 14.6. The summed E-state index contributed by atoms with van der Waals surface area (Å²) < 4.78 is 7.36. The zero-order chi connectivity index (χ0) is 21.6. The Bertz CT molecular complexity index is 1040. The monoisotopic (exact) mass is 414 g/mol. The summed E-state index contributed by atoms with van der Waals surface area (Å²) in [6.07, 6.45) is 5.49. The third-order valence-corrected chi connectivity index (χ3v) is 6.56. The lowest BCUT2D eigenvalue weighted by Gasteiger charge is -2.40. The molecule has 1 aliphatic heterocycles. The predicted octanol–water partition coefficient (Wildman–Crippen LogP) is 2.76. The second-order valence-corrected chi connectivity index (χ2v) is 9.04. The smallest absolute Gasteiger partial charge is 0.263 e. The molecule has 1 saturated carbocycles. The number of aromatic nitrogens is 3. The fraction of sp³-hybridized carbons (Fsp3) is 0.636. The highest BCUT2D eigenvalue weighted by Gasteiger charge is 2.39. The molecule has 2 aliphatic rings. The number of hydrogen-bond donors (Lipinski definition) is 2. The lowest BCUT2D eigenvalue weighted by atomic mass is 9.90. The number of aliphatic hydroxyl groups excluding tert-OH is 1. The Morgan fingerprint density at radius 1 is 1.30 bits per heavy atom. The van der Waals surface area contributed by atoms with Gasteiger partial charge >= 0.3 is 0 Å². The molecule has 0 bridgehead atoms. The van der Waals surface area contributed by atoms with Crippen molar-refractivity contribution in [2.75, 3.05) is 11.9 Å². The van der Waals surface area contributed by atoms with Gasteiger partial charge in [-0.2, -0.15) is 4.98 Å². The van der Waals surface area contributed by atoms with Crippen LogP contribution in [0.3, 0.4) is 0 Å². The molecule has 2 fully saturated rings. The number of aliphatic hydroxyl groups is 1. The summed E-state index contributed by atoms with van der Waals surface area (Å²) in [4.78, 5) is 34.6. The fourth-order valence-electron chi connectivity index (χ4n) is 4.81. The van der Waals surface area contributed by atoms with E-state index in [-0.39, 0.29) is 29.0 Å². The number of fused-ring (bicyclic) bond motifs is 1. The molecule has 2 N–H and O–H groups in total. The summed E-state index contributed by atoms with van der Waals surface area (Å²) in [6, 6.07) is -0.218. The number of hydrogen-bond acceptors (Lipinski definition) is 7. The van der Waals surface area contributed by atoms with Crippen molar-refractivity contribution in [2.45, 2.75) is 83.6 Å².